The van der Waals surface area contributed by atoms with Crippen molar-refractivity contribution < 1.29 is 89.4 Å². The number of allylic oxidation sites excluding steroid dienone is 11. The highest BCUT2D eigenvalue weighted by atomic mass is 16.8. The molecule has 0 aromatic rings. The first-order valence-corrected chi connectivity index (χ1v) is 25.2. The van der Waals surface area contributed by atoms with E-state index in [9.17, 15) is 61.0 Å². The SMILES string of the molecule is CC/C=C\C/C=C\C/C=C\C/C=C\CCCCC(=O)NC(COC1OC(CO)C(OC2OC(CO)C(OC3OC(CO)C(O)C(O)C3O)C(O)C2O)C(O)C1O)C(O)/C=C/CC/C=C/CCCCCC. The second kappa shape index (κ2) is 35.4. The van der Waals surface area contributed by atoms with E-state index in [4.69, 9.17) is 28.4 Å². The van der Waals surface area contributed by atoms with E-state index in [2.05, 4.69) is 79.9 Å². The first-order valence-electron chi connectivity index (χ1n) is 25.2. The van der Waals surface area contributed by atoms with Crippen LogP contribution in [0.15, 0.2) is 72.9 Å². The molecular formula is C51H85NO18. The number of carbonyl (C=O) groups excluding carboxylic acids is 1. The summed E-state index contributed by atoms with van der Waals surface area (Å²) in [5.41, 5.74) is 0. The van der Waals surface area contributed by atoms with Crippen LogP contribution in [0.4, 0.5) is 0 Å². The van der Waals surface area contributed by atoms with E-state index in [0.29, 0.717) is 12.8 Å². The highest BCUT2D eigenvalue weighted by Gasteiger charge is 2.53. The van der Waals surface area contributed by atoms with Crippen LogP contribution >= 0.6 is 0 Å². The number of hydrogen-bond donors (Lipinski definition) is 12. The molecule has 3 saturated heterocycles. The van der Waals surface area contributed by atoms with Gasteiger partial charge in [0, 0.05) is 6.42 Å². The summed E-state index contributed by atoms with van der Waals surface area (Å²) in [5, 5.41) is 119. The number of ether oxygens (including phenoxy) is 6. The fraction of sp³-hybridized carbons (Fsp3) is 0.745. The van der Waals surface area contributed by atoms with Crippen molar-refractivity contribution in [2.75, 3.05) is 26.4 Å². The molecule has 0 aromatic carbocycles. The number of unbranched alkanes of at least 4 members (excludes halogenated alkanes) is 7. The molecule has 0 aliphatic carbocycles. The zero-order chi connectivity index (χ0) is 51.3. The molecule has 3 aliphatic rings. The van der Waals surface area contributed by atoms with Crippen molar-refractivity contribution in [1.82, 2.24) is 5.32 Å². The van der Waals surface area contributed by atoms with Crippen molar-refractivity contribution in [1.29, 1.82) is 0 Å². The Morgan fingerprint density at radius 1 is 0.529 bits per heavy atom. The first kappa shape index (κ1) is 61.5. The minimum Gasteiger partial charge on any atom is -0.394 e. The summed E-state index contributed by atoms with van der Waals surface area (Å²) in [6, 6.07) is -1.01. The minimum atomic E-state index is -1.99. The zero-order valence-corrected chi connectivity index (χ0v) is 41.0. The normalized spacial score (nSPS) is 33.2. The van der Waals surface area contributed by atoms with Crippen LogP contribution in [0.25, 0.3) is 0 Å². The lowest BCUT2D eigenvalue weighted by molar-refractivity contribution is -0.379. The van der Waals surface area contributed by atoms with Crippen LogP contribution in [0.1, 0.15) is 110 Å². The van der Waals surface area contributed by atoms with Gasteiger partial charge in [-0.05, 0) is 70.6 Å². The van der Waals surface area contributed by atoms with Gasteiger partial charge in [-0.1, -0.05) is 106 Å². The number of nitrogens with one attached hydrogen (secondary N) is 1. The van der Waals surface area contributed by atoms with Crippen molar-refractivity contribution in [3.8, 4) is 0 Å². The van der Waals surface area contributed by atoms with Gasteiger partial charge in [0.15, 0.2) is 18.9 Å². The lowest BCUT2D eigenvalue weighted by Crippen LogP contribution is -2.66. The number of carbonyl (C=O) groups is 1. The van der Waals surface area contributed by atoms with Crippen molar-refractivity contribution in [2.24, 2.45) is 0 Å². The average molecular weight is 1000 g/mol. The van der Waals surface area contributed by atoms with Gasteiger partial charge in [0.05, 0.1) is 38.6 Å². The van der Waals surface area contributed by atoms with E-state index in [0.717, 1.165) is 57.8 Å². The molecule has 3 aliphatic heterocycles. The fourth-order valence-electron chi connectivity index (χ4n) is 8.02. The number of aliphatic hydroxyl groups is 11. The molecular weight excluding hydrogens is 915 g/mol. The Morgan fingerprint density at radius 3 is 1.57 bits per heavy atom. The maximum atomic E-state index is 13.2. The Labute approximate surface area is 413 Å². The summed E-state index contributed by atoms with van der Waals surface area (Å²) in [7, 11) is 0. The van der Waals surface area contributed by atoms with Crippen molar-refractivity contribution in [3.63, 3.8) is 0 Å². The molecule has 0 spiro atoms. The standard InChI is InChI=1S/C51H85NO18/c1-3-5-7-9-11-13-15-16-17-18-19-21-23-25-27-29-39(57)52-34(35(56)28-26-24-22-20-14-12-10-8-6-4-2)33-65-49-45(63)42(60)47(37(31-54)67-49)70-51-46(64)43(61)48(38(32-55)68-51)69-50-44(62)41(59)40(58)36(30-53)66-50/h5,7,11,13-14,16-17,19-21,26,28,34-38,40-51,53-56,58-64H,3-4,6,8-10,12,15,18,22-25,27,29-33H2,1-2H3,(H,52,57)/b7-5-,13-11-,17-16-,20-14+,21-19-,28-26+. The average Bonchev–Trinajstić information content (AvgIpc) is 3.35. The van der Waals surface area contributed by atoms with Crippen LogP contribution in [-0.4, -0.2) is 193 Å². The van der Waals surface area contributed by atoms with E-state index in [-0.39, 0.29) is 18.9 Å². The van der Waals surface area contributed by atoms with Gasteiger partial charge < -0.3 is 89.9 Å². The predicted octanol–water partition coefficient (Wildman–Crippen LogP) is 1.53. The molecule has 3 heterocycles. The van der Waals surface area contributed by atoms with Crippen LogP contribution in [0.3, 0.4) is 0 Å². The second-order valence-corrected chi connectivity index (χ2v) is 17.9. The van der Waals surface area contributed by atoms with Gasteiger partial charge in [-0.25, -0.2) is 0 Å². The summed E-state index contributed by atoms with van der Waals surface area (Å²) in [5.74, 6) is -0.334. The second-order valence-electron chi connectivity index (χ2n) is 17.9. The third-order valence-corrected chi connectivity index (χ3v) is 12.2. The van der Waals surface area contributed by atoms with Crippen LogP contribution in [0.5, 0.6) is 0 Å². The summed E-state index contributed by atoms with van der Waals surface area (Å²) in [4.78, 5) is 13.2. The largest absolute Gasteiger partial charge is 0.394 e. The first-order chi connectivity index (χ1) is 33.8. The molecule has 19 nitrogen and oxygen atoms in total. The van der Waals surface area contributed by atoms with E-state index in [1.165, 1.54) is 19.3 Å². The summed E-state index contributed by atoms with van der Waals surface area (Å²) < 4.78 is 34.0. The molecule has 0 bridgehead atoms. The quantitative estimate of drug-likeness (QED) is 0.0328. The molecule has 0 radical (unpaired) electrons. The Hall–Kier alpha value is -2.77. The van der Waals surface area contributed by atoms with Crippen molar-refractivity contribution in [2.45, 2.75) is 214 Å². The van der Waals surface area contributed by atoms with Gasteiger partial charge >= 0.3 is 0 Å². The number of aliphatic hydroxyl groups excluding tert-OH is 11. The molecule has 402 valence electrons. The Morgan fingerprint density at radius 2 is 1.00 bits per heavy atom. The van der Waals surface area contributed by atoms with Crippen LogP contribution in [0, 0.1) is 0 Å². The molecule has 17 atom stereocenters. The highest BCUT2D eigenvalue weighted by molar-refractivity contribution is 5.76. The lowest BCUT2D eigenvalue weighted by atomic mass is 9.96. The molecule has 17 unspecified atom stereocenters. The predicted molar refractivity (Wildman–Crippen MR) is 258 cm³/mol. The molecule has 12 N–H and O–H groups in total. The maximum Gasteiger partial charge on any atom is 0.220 e. The van der Waals surface area contributed by atoms with Gasteiger partial charge in [-0.3, -0.25) is 4.79 Å². The molecule has 70 heavy (non-hydrogen) atoms. The number of hydrogen-bond acceptors (Lipinski definition) is 18. The van der Waals surface area contributed by atoms with Gasteiger partial charge in [0.2, 0.25) is 5.91 Å². The summed E-state index contributed by atoms with van der Waals surface area (Å²) >= 11 is 0. The molecule has 1 amide bonds. The van der Waals surface area contributed by atoms with Crippen LogP contribution in [-0.2, 0) is 33.2 Å². The number of rotatable bonds is 33. The zero-order valence-electron chi connectivity index (χ0n) is 41.0. The van der Waals surface area contributed by atoms with Crippen LogP contribution in [0.2, 0.25) is 0 Å². The van der Waals surface area contributed by atoms with Crippen LogP contribution < -0.4 is 5.32 Å². The summed E-state index contributed by atoms with van der Waals surface area (Å²) in [6.45, 7) is 1.45. The number of amides is 1. The molecule has 19 heteroatoms. The smallest absolute Gasteiger partial charge is 0.220 e. The third kappa shape index (κ3) is 21.0. The Balaban J connectivity index is 1.59. The van der Waals surface area contributed by atoms with Crippen molar-refractivity contribution in [3.05, 3.63) is 72.9 Å². The Bertz CT molecular complexity index is 1570. The molecule has 0 aromatic heterocycles. The third-order valence-electron chi connectivity index (χ3n) is 12.2. The van der Waals surface area contributed by atoms with E-state index in [1.54, 1.807) is 12.2 Å². The topological polar surface area (TPSA) is 307 Å². The van der Waals surface area contributed by atoms with Gasteiger partial charge in [-0.15, -0.1) is 0 Å². The monoisotopic (exact) mass is 1000 g/mol. The minimum absolute atomic E-state index is 0.179. The summed E-state index contributed by atoms with van der Waals surface area (Å²) in [6.07, 6.45) is 10.7. The van der Waals surface area contributed by atoms with E-state index >= 15 is 0 Å². The van der Waals surface area contributed by atoms with Gasteiger partial charge in [0.25, 0.3) is 0 Å². The van der Waals surface area contributed by atoms with E-state index in [1.807, 2.05) is 0 Å². The lowest BCUT2D eigenvalue weighted by Gasteiger charge is -2.48. The van der Waals surface area contributed by atoms with Crippen molar-refractivity contribution >= 4 is 5.91 Å². The maximum absolute atomic E-state index is 13.2. The van der Waals surface area contributed by atoms with Gasteiger partial charge in [-0.2, -0.15) is 0 Å². The Kier molecular flexibility index (Phi) is 31.1. The van der Waals surface area contributed by atoms with E-state index < -0.39 is 124 Å². The molecule has 3 rings (SSSR count). The highest BCUT2D eigenvalue weighted by Crippen LogP contribution is 2.33. The van der Waals surface area contributed by atoms with Gasteiger partial charge in [0.1, 0.15) is 73.2 Å². The molecule has 3 fully saturated rings. The molecule has 0 saturated carbocycles. The fourth-order valence-corrected chi connectivity index (χ4v) is 8.02.